The lowest BCUT2D eigenvalue weighted by atomic mass is 10.2. The maximum Gasteiger partial charge on any atom is 0.673 e. The van der Waals surface area contributed by atoms with Crippen LogP contribution in [0.15, 0.2) is 24.3 Å². The van der Waals surface area contributed by atoms with Gasteiger partial charge >= 0.3 is 7.25 Å². The number of halogens is 4. The Kier molecular flexibility index (Phi) is 5.51. The smallest absolute Gasteiger partial charge is 0.418 e. The molecule has 7 heteroatoms. The van der Waals surface area contributed by atoms with Crippen LogP contribution < -0.4 is 9.80 Å². The van der Waals surface area contributed by atoms with E-state index in [9.17, 15) is 17.3 Å². The van der Waals surface area contributed by atoms with Crippen LogP contribution in [-0.2, 0) is 0 Å². The van der Waals surface area contributed by atoms with Crippen LogP contribution in [0, 0.1) is 0 Å². The number of para-hydroxylation sites is 2. The zero-order valence-electron chi connectivity index (χ0n) is 11.1. The average molecular weight is 277 g/mol. The summed E-state index contributed by atoms with van der Waals surface area (Å²) in [5.74, 6) is 0. The van der Waals surface area contributed by atoms with Crippen molar-refractivity contribution in [3.05, 3.63) is 24.3 Å². The fourth-order valence-electron chi connectivity index (χ4n) is 2.00. The fraction of sp³-hybridized carbons (Fsp3) is 0.500. The molecular weight excluding hydrogens is 259 g/mol. The molecular formula is C12H18BF4N2-. The van der Waals surface area contributed by atoms with E-state index in [4.69, 9.17) is 0 Å². The van der Waals surface area contributed by atoms with Crippen molar-refractivity contribution < 1.29 is 17.3 Å². The minimum atomic E-state index is -6.00. The molecule has 2 rings (SSSR count). The average Bonchev–Trinajstić information content (AvgIpc) is 2.62. The highest BCUT2D eigenvalue weighted by Crippen LogP contribution is 2.34. The van der Waals surface area contributed by atoms with Crippen molar-refractivity contribution in [3.8, 4) is 0 Å². The number of hydrogen-bond acceptors (Lipinski definition) is 2. The van der Waals surface area contributed by atoms with Gasteiger partial charge in [-0.25, -0.2) is 0 Å². The Morgan fingerprint density at radius 1 is 1.11 bits per heavy atom. The Labute approximate surface area is 111 Å². The van der Waals surface area contributed by atoms with Gasteiger partial charge in [0.1, 0.15) is 0 Å². The molecule has 0 aliphatic carbocycles. The van der Waals surface area contributed by atoms with Gasteiger partial charge < -0.3 is 27.1 Å². The van der Waals surface area contributed by atoms with Crippen molar-refractivity contribution >= 4 is 18.6 Å². The number of rotatable bonds is 3. The summed E-state index contributed by atoms with van der Waals surface area (Å²) in [7, 11) is -3.84. The number of anilines is 2. The molecule has 1 aromatic carbocycles. The first kappa shape index (κ1) is 15.7. The molecule has 0 atom stereocenters. The first-order valence-corrected chi connectivity index (χ1v) is 6.25. The van der Waals surface area contributed by atoms with Gasteiger partial charge in [0.15, 0.2) is 0 Å². The van der Waals surface area contributed by atoms with E-state index in [1.54, 1.807) is 0 Å². The van der Waals surface area contributed by atoms with E-state index in [1.807, 2.05) is 0 Å². The number of fused-ring (bicyclic) bond motifs is 1. The summed E-state index contributed by atoms with van der Waals surface area (Å²) in [6, 6.07) is 8.64. The highest BCUT2D eigenvalue weighted by atomic mass is 19.5. The molecule has 0 saturated heterocycles. The van der Waals surface area contributed by atoms with Crippen LogP contribution in [0.25, 0.3) is 0 Å². The van der Waals surface area contributed by atoms with Crippen molar-refractivity contribution in [2.75, 3.05) is 30.1 Å². The number of benzene rings is 1. The second-order valence-corrected chi connectivity index (χ2v) is 4.44. The Morgan fingerprint density at radius 2 is 1.63 bits per heavy atom. The second-order valence-electron chi connectivity index (χ2n) is 4.44. The summed E-state index contributed by atoms with van der Waals surface area (Å²) in [6.45, 7) is 4.46. The van der Waals surface area contributed by atoms with Gasteiger partial charge in [0.25, 0.3) is 0 Å². The molecule has 0 amide bonds. The summed E-state index contributed by atoms with van der Waals surface area (Å²) >= 11 is 0. The summed E-state index contributed by atoms with van der Waals surface area (Å²) < 4.78 is 39.0. The summed E-state index contributed by atoms with van der Waals surface area (Å²) in [5.41, 5.74) is 2.76. The zero-order valence-corrected chi connectivity index (χ0v) is 11.1. The maximum atomic E-state index is 9.75. The van der Waals surface area contributed by atoms with Crippen molar-refractivity contribution in [3.63, 3.8) is 0 Å². The molecule has 1 aliphatic heterocycles. The Bertz CT molecular complexity index is 392. The first-order valence-electron chi connectivity index (χ1n) is 6.25. The number of hydrogen-bond donors (Lipinski definition) is 0. The highest BCUT2D eigenvalue weighted by Gasteiger charge is 2.21. The van der Waals surface area contributed by atoms with Crippen LogP contribution in [0.2, 0.25) is 0 Å². The fourth-order valence-corrected chi connectivity index (χ4v) is 2.00. The molecule has 0 radical (unpaired) electrons. The molecule has 0 fully saturated rings. The van der Waals surface area contributed by atoms with Crippen molar-refractivity contribution in [2.24, 2.45) is 0 Å². The van der Waals surface area contributed by atoms with E-state index in [1.165, 1.54) is 30.8 Å². The van der Waals surface area contributed by atoms with E-state index >= 15 is 0 Å². The van der Waals surface area contributed by atoms with Gasteiger partial charge in [-0.3, -0.25) is 0 Å². The van der Waals surface area contributed by atoms with Gasteiger partial charge in [-0.1, -0.05) is 25.5 Å². The molecule has 19 heavy (non-hydrogen) atoms. The lowest BCUT2D eigenvalue weighted by Crippen LogP contribution is -2.28. The molecule has 1 aliphatic rings. The molecule has 0 spiro atoms. The predicted octanol–water partition coefficient (Wildman–Crippen LogP) is 4.00. The van der Waals surface area contributed by atoms with E-state index in [0.29, 0.717) is 0 Å². The molecule has 2 nitrogen and oxygen atoms in total. The maximum absolute atomic E-state index is 9.75. The molecule has 1 heterocycles. The molecule has 0 bridgehead atoms. The van der Waals surface area contributed by atoms with Gasteiger partial charge in [0.05, 0.1) is 18.0 Å². The summed E-state index contributed by atoms with van der Waals surface area (Å²) in [6.07, 6.45) is 2.55. The Morgan fingerprint density at radius 3 is 2.16 bits per heavy atom. The third kappa shape index (κ3) is 5.40. The van der Waals surface area contributed by atoms with Crippen molar-refractivity contribution in [2.45, 2.75) is 19.8 Å². The summed E-state index contributed by atoms with van der Waals surface area (Å²) in [4.78, 5) is 4.77. The minimum absolute atomic E-state index is 1.04. The highest BCUT2D eigenvalue weighted by molar-refractivity contribution is 6.50. The first-order chi connectivity index (χ1) is 8.83. The van der Waals surface area contributed by atoms with Crippen LogP contribution in [0.4, 0.5) is 28.6 Å². The monoisotopic (exact) mass is 277 g/mol. The van der Waals surface area contributed by atoms with E-state index < -0.39 is 7.25 Å². The van der Waals surface area contributed by atoms with Gasteiger partial charge in [0, 0.05) is 13.6 Å². The van der Waals surface area contributed by atoms with Crippen molar-refractivity contribution in [1.82, 2.24) is 0 Å². The lowest BCUT2D eigenvalue weighted by Gasteiger charge is -2.18. The van der Waals surface area contributed by atoms with Crippen molar-refractivity contribution in [1.29, 1.82) is 0 Å². The third-order valence-electron chi connectivity index (χ3n) is 2.80. The van der Waals surface area contributed by atoms with Crippen LogP contribution in [0.1, 0.15) is 19.8 Å². The standard InChI is InChI=1S/C12H18N2.BF4/c1-3-4-9-14-10-13(2)11-7-5-6-8-12(11)14;2-1(3,4)5/h5-8H,3-4,9-10H2,1-2H3;/q;-1. The molecule has 108 valence electrons. The number of nitrogens with zero attached hydrogens (tertiary/aromatic N) is 2. The summed E-state index contributed by atoms with van der Waals surface area (Å²) in [5, 5.41) is 0. The quantitative estimate of drug-likeness (QED) is 0.608. The minimum Gasteiger partial charge on any atom is -0.418 e. The lowest BCUT2D eigenvalue weighted by molar-refractivity contribution is 0.368. The molecule has 0 unspecified atom stereocenters. The van der Waals surface area contributed by atoms with Gasteiger partial charge in [-0.15, -0.1) is 0 Å². The SMILES string of the molecule is CCCCN1CN(C)c2ccccc21.F[B-](F)(F)F. The van der Waals surface area contributed by atoms with Crippen LogP contribution in [-0.4, -0.2) is 27.5 Å². The van der Waals surface area contributed by atoms with Gasteiger partial charge in [-0.2, -0.15) is 0 Å². The van der Waals surface area contributed by atoms with Crippen LogP contribution >= 0.6 is 0 Å². The van der Waals surface area contributed by atoms with E-state index in [2.05, 4.69) is 48.0 Å². The molecule has 0 N–H and O–H groups in total. The largest absolute Gasteiger partial charge is 0.673 e. The zero-order chi connectivity index (χ0) is 14.5. The normalized spacial score (nSPS) is 14.0. The molecule has 1 aromatic rings. The Balaban J connectivity index is 0.000000312. The Hall–Kier alpha value is -1.40. The third-order valence-corrected chi connectivity index (χ3v) is 2.80. The van der Waals surface area contributed by atoms with Crippen LogP contribution in [0.5, 0.6) is 0 Å². The van der Waals surface area contributed by atoms with Crippen LogP contribution in [0.3, 0.4) is 0 Å². The van der Waals surface area contributed by atoms with E-state index in [0.717, 1.165) is 6.67 Å². The van der Waals surface area contributed by atoms with Gasteiger partial charge in [-0.05, 0) is 18.6 Å². The molecule has 0 saturated carbocycles. The predicted molar refractivity (Wildman–Crippen MR) is 72.2 cm³/mol. The van der Waals surface area contributed by atoms with Gasteiger partial charge in [0.2, 0.25) is 0 Å². The number of unbranched alkanes of at least 4 members (excludes halogenated alkanes) is 1. The molecule has 0 aromatic heterocycles. The second kappa shape index (κ2) is 6.68. The van der Waals surface area contributed by atoms with E-state index in [-0.39, 0.29) is 0 Å². The topological polar surface area (TPSA) is 6.48 Å².